The predicted octanol–water partition coefficient (Wildman–Crippen LogP) is 4.20. The number of carbonyl (C=O) groups is 7. The molecule has 0 atom stereocenters. The Hall–Kier alpha value is -7.54. The fraction of sp³-hybridized carbons (Fsp3) is 0.646. The van der Waals surface area contributed by atoms with Crippen LogP contribution in [0.4, 0.5) is 32.2 Å². The third kappa shape index (κ3) is 37.8. The molecule has 5 aliphatic rings. The maximum absolute atomic E-state index is 12.1. The largest absolute Gasteiger partial charge is 1.00 e. The Morgan fingerprint density at radius 1 is 0.525 bits per heavy atom. The number of amides is 4. The van der Waals surface area contributed by atoms with Crippen LogP contribution in [-0.4, -0.2) is 275 Å². The molecule has 0 unspecified atom stereocenters. The van der Waals surface area contributed by atoms with E-state index in [4.69, 9.17) is 50.0 Å². The zero-order chi connectivity index (χ0) is 72.8. The standard InChI is InChI=1S/C16H25N5O4.C16H24N4O4.C14H20N4O4.C7H7ClN2O2.C5H11N.C4H8O.C2H7NO.CH4.Na.H2O/c1-16(2,3)25-15(23)21-8-6-20(7-9-21)14-17-10-12(11-18-14)13(22)19(4)24-5;1-5-23-13(21)12-10-17-14(18-11-12)19-6-8-20(9-7-19)15(22)24-16(2,3)4;1-14(2,3)22-13(21)18-6-4-17(5-7-18)12-15-8-10(9-16-12)11(19)20;1-2-12-6(11)5-3-9-7(8)10-4-5;1-2-4-6-5-3-1;1-2-4-5-3-1;1-3-4-2;;;/h10-11H,6-9H2,1-5H3;10-11H,5-9H2,1-4H3;8-9H,4-7H2,1-3H3,(H,19,20);3-4H,2H2,1H3;6H,1-5H2;1-4H2;3H,1-2H3;1H4;;1H2/q;;;;;;;;+1;/p-1. The molecule has 4 aromatic rings. The molecule has 562 valence electrons. The second kappa shape index (κ2) is 49.1. The summed E-state index contributed by atoms with van der Waals surface area (Å²) < 4.78 is 30.6. The average molecular weight is 1460 g/mol. The van der Waals surface area contributed by atoms with Gasteiger partial charge < -0.3 is 78.6 Å². The van der Waals surface area contributed by atoms with E-state index >= 15 is 0 Å². The molecule has 5 saturated heterocycles. The van der Waals surface area contributed by atoms with Crippen LogP contribution < -0.4 is 55.1 Å². The van der Waals surface area contributed by atoms with Crippen molar-refractivity contribution in [2.45, 2.75) is 132 Å². The second-order valence-corrected chi connectivity index (χ2v) is 25.0. The van der Waals surface area contributed by atoms with Crippen molar-refractivity contribution >= 4 is 71.5 Å². The van der Waals surface area contributed by atoms with E-state index in [1.165, 1.54) is 109 Å². The fourth-order valence-electron chi connectivity index (χ4n) is 8.45. The zero-order valence-electron chi connectivity index (χ0n) is 61.0. The van der Waals surface area contributed by atoms with Gasteiger partial charge in [-0.2, -0.15) is 0 Å². The van der Waals surface area contributed by atoms with Crippen LogP contribution in [0.25, 0.3) is 0 Å². The zero-order valence-corrected chi connectivity index (χ0v) is 63.7. The molecule has 101 heavy (non-hydrogen) atoms. The Labute approximate surface area is 621 Å². The van der Waals surface area contributed by atoms with Crippen molar-refractivity contribution < 1.29 is 112 Å². The molecule has 0 saturated carbocycles. The molecular weight excluding hydrogens is 1350 g/mol. The van der Waals surface area contributed by atoms with Gasteiger partial charge in [0.05, 0.1) is 49.7 Å². The Bertz CT molecular complexity index is 2970. The number of halogens is 1. The first-order valence-electron chi connectivity index (χ1n) is 32.4. The number of esters is 2. The first-order valence-corrected chi connectivity index (χ1v) is 32.8. The second-order valence-electron chi connectivity index (χ2n) is 24.7. The van der Waals surface area contributed by atoms with E-state index in [9.17, 15) is 33.6 Å². The number of carbonyl (C=O) groups excluding carboxylic acids is 6. The first-order chi connectivity index (χ1) is 46.4. The van der Waals surface area contributed by atoms with Crippen molar-refractivity contribution in [1.29, 1.82) is 0 Å². The number of piperidine rings is 1. The van der Waals surface area contributed by atoms with E-state index in [1.54, 1.807) is 42.7 Å². The third-order valence-corrected chi connectivity index (χ3v) is 13.7. The topological polar surface area (TPSA) is 393 Å². The molecular formula is C65H107ClN17NaO17. The Kier molecular flexibility index (Phi) is 45.5. The van der Waals surface area contributed by atoms with Crippen LogP contribution >= 0.6 is 11.6 Å². The van der Waals surface area contributed by atoms with Crippen LogP contribution in [0.3, 0.4) is 0 Å². The smallest absolute Gasteiger partial charge is 0.870 e. The van der Waals surface area contributed by atoms with Gasteiger partial charge in [-0.05, 0) is 127 Å². The van der Waals surface area contributed by atoms with Gasteiger partial charge in [0, 0.05) is 155 Å². The molecule has 34 nitrogen and oxygen atoms in total. The average Bonchev–Trinajstić information content (AvgIpc) is 0.911. The maximum Gasteiger partial charge on any atom is 1.00 e. The van der Waals surface area contributed by atoms with Gasteiger partial charge in [0.15, 0.2) is 0 Å². The minimum Gasteiger partial charge on any atom is -0.870 e. The van der Waals surface area contributed by atoms with Gasteiger partial charge in [0.2, 0.25) is 23.1 Å². The number of nitrogens with one attached hydrogen (secondary N) is 2. The van der Waals surface area contributed by atoms with E-state index < -0.39 is 34.7 Å². The van der Waals surface area contributed by atoms with Crippen molar-refractivity contribution in [2.24, 2.45) is 0 Å². The Morgan fingerprint density at radius 3 is 1.05 bits per heavy atom. The summed E-state index contributed by atoms with van der Waals surface area (Å²) in [5.41, 5.74) is 1.95. The van der Waals surface area contributed by atoms with Gasteiger partial charge in [-0.15, -0.1) is 0 Å². The van der Waals surface area contributed by atoms with Gasteiger partial charge in [-0.3, -0.25) is 9.63 Å². The van der Waals surface area contributed by atoms with Crippen LogP contribution in [0.2, 0.25) is 5.28 Å². The molecule has 9 heterocycles. The quantitative estimate of drug-likeness (QED) is 0.0622. The van der Waals surface area contributed by atoms with Crippen LogP contribution in [0.15, 0.2) is 49.6 Å². The number of hydroxylamine groups is 3. The minimum atomic E-state index is -1.05. The third-order valence-electron chi connectivity index (χ3n) is 13.5. The molecule has 4 aromatic heterocycles. The van der Waals surface area contributed by atoms with E-state index in [-0.39, 0.29) is 77.5 Å². The SMILES string of the molecule is C.C1CCNCC1.C1CCOC1.CC(C)(C)OC(=O)N1CCN(c2ncc(C(=O)O)cn2)CC1.CCOC(=O)c1cnc(Cl)nc1.CCOC(=O)c1cnc(N2CCN(C(=O)OC(C)(C)C)CC2)nc1.CNOC.CON(C)C(=O)c1cnc(N2CCN(C(=O)OC(C)(C)C)CC2)nc1.[Na+].[OH-]. The number of rotatable bonds is 11. The monoisotopic (exact) mass is 1460 g/mol. The molecule has 9 rings (SSSR count). The number of carboxylic acid groups (broad SMARTS) is 1. The molecule has 36 heteroatoms. The molecule has 5 aliphatic heterocycles. The number of anilines is 3. The molecule has 0 aliphatic carbocycles. The van der Waals surface area contributed by atoms with Crippen molar-refractivity contribution in [3.05, 3.63) is 77.1 Å². The number of piperazine rings is 3. The van der Waals surface area contributed by atoms with Crippen molar-refractivity contribution in [3.63, 3.8) is 0 Å². The predicted molar refractivity (Wildman–Crippen MR) is 373 cm³/mol. The van der Waals surface area contributed by atoms with Gasteiger partial charge in [-0.1, -0.05) is 13.8 Å². The minimum absolute atomic E-state index is 0. The van der Waals surface area contributed by atoms with Crippen LogP contribution in [0, 0.1) is 0 Å². The summed E-state index contributed by atoms with van der Waals surface area (Å²) in [6.45, 7) is 31.9. The number of ether oxygens (including phenoxy) is 6. The number of aromatic carboxylic acids is 1. The van der Waals surface area contributed by atoms with E-state index in [1.807, 2.05) is 77.0 Å². The van der Waals surface area contributed by atoms with E-state index in [0.717, 1.165) is 18.3 Å². The summed E-state index contributed by atoms with van der Waals surface area (Å²) in [6, 6.07) is 0. The van der Waals surface area contributed by atoms with Gasteiger partial charge in [0.25, 0.3) is 5.91 Å². The number of hydrogen-bond donors (Lipinski definition) is 3. The summed E-state index contributed by atoms with van der Waals surface area (Å²) in [5, 5.41) is 13.3. The summed E-state index contributed by atoms with van der Waals surface area (Å²) >= 11 is 5.42. The van der Waals surface area contributed by atoms with Crippen LogP contribution in [0.5, 0.6) is 0 Å². The van der Waals surface area contributed by atoms with Crippen molar-refractivity contribution in [2.75, 3.05) is 161 Å². The molecule has 4 amide bonds. The number of hydrogen-bond acceptors (Lipinski definition) is 29. The number of aromatic nitrogens is 8. The van der Waals surface area contributed by atoms with Gasteiger partial charge in [-0.25, -0.2) is 79.2 Å². The molecule has 5 fully saturated rings. The van der Waals surface area contributed by atoms with Crippen molar-refractivity contribution in [3.8, 4) is 0 Å². The van der Waals surface area contributed by atoms with E-state index in [0.29, 0.717) is 126 Å². The van der Waals surface area contributed by atoms with Crippen LogP contribution in [-0.2, 0) is 38.1 Å². The summed E-state index contributed by atoms with van der Waals surface area (Å²) in [6.07, 6.45) is 16.9. The number of carboxylic acids is 1. The summed E-state index contributed by atoms with van der Waals surface area (Å²) in [7, 11) is 6.21. The molecule has 0 radical (unpaired) electrons. The summed E-state index contributed by atoms with van der Waals surface area (Å²) in [4.78, 5) is 134. The maximum atomic E-state index is 12.1. The van der Waals surface area contributed by atoms with Gasteiger partial charge in [0.1, 0.15) is 16.8 Å². The van der Waals surface area contributed by atoms with Crippen LogP contribution in [0.1, 0.15) is 157 Å². The molecule has 0 spiro atoms. The molecule has 4 N–H and O–H groups in total. The Balaban J connectivity index is 0.00000124. The van der Waals surface area contributed by atoms with Gasteiger partial charge >= 0.3 is 65.7 Å². The summed E-state index contributed by atoms with van der Waals surface area (Å²) in [5.74, 6) is -0.709. The normalized spacial score (nSPS) is 14.8. The number of nitrogens with zero attached hydrogens (tertiary/aromatic N) is 15. The molecule has 0 bridgehead atoms. The Morgan fingerprint density at radius 2 is 0.822 bits per heavy atom. The van der Waals surface area contributed by atoms with Crippen molar-refractivity contribution in [1.82, 2.24) is 70.4 Å². The first kappa shape index (κ1) is 93.5. The van der Waals surface area contributed by atoms with E-state index in [2.05, 4.69) is 55.5 Å². The molecule has 0 aromatic carbocycles. The fourth-order valence-corrected chi connectivity index (χ4v) is 8.55.